The molecule has 3 aromatic rings. The van der Waals surface area contributed by atoms with Gasteiger partial charge in [-0.15, -0.1) is 11.3 Å². The number of nitrogen functional groups attached to an aromatic ring is 1. The molecule has 0 aliphatic carbocycles. The van der Waals surface area contributed by atoms with E-state index in [1.165, 1.54) is 18.3 Å². The summed E-state index contributed by atoms with van der Waals surface area (Å²) in [7, 11) is 0. The first-order valence-electron chi connectivity index (χ1n) is 5.90. The van der Waals surface area contributed by atoms with Crippen LogP contribution in [0.3, 0.4) is 0 Å². The minimum atomic E-state index is -0.526. The summed E-state index contributed by atoms with van der Waals surface area (Å²) in [6.07, 6.45) is 0. The fraction of sp³-hybridized carbons (Fsp3) is 0.0714. The molecular weight excluding hydrogens is 280 g/mol. The molecule has 0 saturated carbocycles. The van der Waals surface area contributed by atoms with E-state index in [1.807, 2.05) is 6.07 Å². The molecule has 0 saturated heterocycles. The molecule has 3 rings (SSSR count). The first kappa shape index (κ1) is 12.8. The lowest BCUT2D eigenvalue weighted by atomic mass is 10.2. The summed E-state index contributed by atoms with van der Waals surface area (Å²) in [6, 6.07) is 5.84. The minimum Gasteiger partial charge on any atom is -0.395 e. The van der Waals surface area contributed by atoms with E-state index in [4.69, 9.17) is 5.73 Å². The summed E-state index contributed by atoms with van der Waals surface area (Å²) in [6.45, 7) is 1.51. The quantitative estimate of drug-likeness (QED) is 0.695. The van der Waals surface area contributed by atoms with Gasteiger partial charge in [0.1, 0.15) is 17.2 Å². The Hall–Kier alpha value is -2.21. The molecule has 1 aromatic heterocycles. The van der Waals surface area contributed by atoms with Gasteiger partial charge in [0, 0.05) is 6.07 Å². The second-order valence-electron chi connectivity index (χ2n) is 4.43. The first-order chi connectivity index (χ1) is 9.56. The molecule has 0 atom stereocenters. The van der Waals surface area contributed by atoms with Gasteiger partial charge in [-0.2, -0.15) is 0 Å². The Morgan fingerprint density at radius 1 is 1.15 bits per heavy atom. The Morgan fingerprint density at radius 2 is 1.95 bits per heavy atom. The Labute approximate surface area is 118 Å². The summed E-state index contributed by atoms with van der Waals surface area (Å²) < 4.78 is 28.3. The van der Waals surface area contributed by atoms with E-state index in [0.29, 0.717) is 16.9 Å². The number of anilines is 3. The number of nitrogens with one attached hydrogen (secondary N) is 1. The van der Waals surface area contributed by atoms with Crippen molar-refractivity contribution in [3.05, 3.63) is 47.0 Å². The fourth-order valence-electron chi connectivity index (χ4n) is 1.95. The third kappa shape index (κ3) is 2.08. The number of aromatic nitrogens is 1. The van der Waals surface area contributed by atoms with Gasteiger partial charge in [-0.3, -0.25) is 0 Å². The fourth-order valence-corrected chi connectivity index (χ4v) is 2.64. The molecule has 0 unspecified atom stereocenters. The smallest absolute Gasteiger partial charge is 0.147 e. The Balaban J connectivity index is 2.05. The number of aryl methyl sites for hydroxylation is 1. The third-order valence-electron chi connectivity index (χ3n) is 3.06. The number of nitrogens with zero attached hydrogens (tertiary/aromatic N) is 1. The van der Waals surface area contributed by atoms with Crippen molar-refractivity contribution in [1.82, 2.24) is 4.98 Å². The second kappa shape index (κ2) is 4.72. The van der Waals surface area contributed by atoms with E-state index in [0.717, 1.165) is 16.8 Å². The number of rotatable bonds is 2. The topological polar surface area (TPSA) is 50.9 Å². The van der Waals surface area contributed by atoms with Gasteiger partial charge < -0.3 is 11.1 Å². The molecule has 0 aliphatic heterocycles. The van der Waals surface area contributed by atoms with Gasteiger partial charge in [-0.1, -0.05) is 0 Å². The molecule has 0 fully saturated rings. The van der Waals surface area contributed by atoms with Crippen LogP contribution in [0, 0.1) is 18.6 Å². The summed E-state index contributed by atoms with van der Waals surface area (Å²) in [5, 5.41) is 2.82. The zero-order valence-electron chi connectivity index (χ0n) is 10.6. The average molecular weight is 291 g/mol. The van der Waals surface area contributed by atoms with Crippen LogP contribution in [0.2, 0.25) is 0 Å². The highest BCUT2D eigenvalue weighted by atomic mass is 32.1. The van der Waals surface area contributed by atoms with Gasteiger partial charge in [0.2, 0.25) is 0 Å². The van der Waals surface area contributed by atoms with Crippen molar-refractivity contribution >= 4 is 38.6 Å². The normalized spacial score (nSPS) is 10.9. The van der Waals surface area contributed by atoms with Crippen LogP contribution >= 0.6 is 11.3 Å². The number of benzene rings is 2. The van der Waals surface area contributed by atoms with E-state index in [1.54, 1.807) is 11.6 Å². The van der Waals surface area contributed by atoms with Crippen LogP contribution in [0.4, 0.5) is 25.8 Å². The number of thiazole rings is 1. The molecule has 102 valence electrons. The molecule has 0 aliphatic rings. The van der Waals surface area contributed by atoms with Crippen molar-refractivity contribution in [3.8, 4) is 0 Å². The molecule has 0 amide bonds. The highest BCUT2D eigenvalue weighted by molar-refractivity contribution is 7.16. The zero-order valence-corrected chi connectivity index (χ0v) is 11.4. The van der Waals surface area contributed by atoms with E-state index < -0.39 is 11.6 Å². The lowest BCUT2D eigenvalue weighted by Crippen LogP contribution is -2.00. The van der Waals surface area contributed by atoms with Crippen LogP contribution < -0.4 is 11.1 Å². The highest BCUT2D eigenvalue weighted by Gasteiger charge is 2.11. The van der Waals surface area contributed by atoms with Crippen molar-refractivity contribution < 1.29 is 8.78 Å². The highest BCUT2D eigenvalue weighted by Crippen LogP contribution is 2.32. The Bertz CT molecular complexity index is 798. The van der Waals surface area contributed by atoms with Crippen molar-refractivity contribution in [3.63, 3.8) is 0 Å². The molecule has 3 N–H and O–H groups in total. The van der Waals surface area contributed by atoms with Crippen LogP contribution in [0.1, 0.15) is 5.56 Å². The molecule has 1 heterocycles. The van der Waals surface area contributed by atoms with Crippen LogP contribution in [0.5, 0.6) is 0 Å². The van der Waals surface area contributed by atoms with E-state index in [2.05, 4.69) is 10.3 Å². The number of fused-ring (bicyclic) bond motifs is 1. The zero-order chi connectivity index (χ0) is 14.3. The van der Waals surface area contributed by atoms with Gasteiger partial charge in [0.25, 0.3) is 0 Å². The minimum absolute atomic E-state index is 0.0504. The molecule has 2 aromatic carbocycles. The molecule has 20 heavy (non-hydrogen) atoms. The Morgan fingerprint density at radius 3 is 2.75 bits per heavy atom. The SMILES string of the molecule is Cc1cc(F)c(Nc2ccc3scnc3c2N)cc1F. The number of hydrogen-bond donors (Lipinski definition) is 2. The molecule has 0 bridgehead atoms. The van der Waals surface area contributed by atoms with Gasteiger partial charge in [-0.05, 0) is 30.7 Å². The maximum Gasteiger partial charge on any atom is 0.147 e. The predicted octanol–water partition coefficient (Wildman–Crippen LogP) is 4.21. The predicted molar refractivity (Wildman–Crippen MR) is 78.4 cm³/mol. The second-order valence-corrected chi connectivity index (χ2v) is 5.32. The first-order valence-corrected chi connectivity index (χ1v) is 6.78. The number of nitrogens with two attached hydrogens (primary N) is 1. The molecule has 3 nitrogen and oxygen atoms in total. The number of halogens is 2. The van der Waals surface area contributed by atoms with Crippen LogP contribution in [0.25, 0.3) is 10.2 Å². The van der Waals surface area contributed by atoms with Crippen LogP contribution in [-0.4, -0.2) is 4.98 Å². The van der Waals surface area contributed by atoms with Crippen molar-refractivity contribution in [2.24, 2.45) is 0 Å². The van der Waals surface area contributed by atoms with E-state index in [-0.39, 0.29) is 11.3 Å². The molecule has 0 spiro atoms. The van der Waals surface area contributed by atoms with Crippen LogP contribution in [-0.2, 0) is 0 Å². The van der Waals surface area contributed by atoms with Gasteiger partial charge in [0.15, 0.2) is 0 Å². The van der Waals surface area contributed by atoms with Gasteiger partial charge in [-0.25, -0.2) is 13.8 Å². The maximum atomic E-state index is 13.8. The van der Waals surface area contributed by atoms with E-state index in [9.17, 15) is 8.78 Å². The van der Waals surface area contributed by atoms with Gasteiger partial charge in [0.05, 0.1) is 27.3 Å². The average Bonchev–Trinajstić information content (AvgIpc) is 2.88. The summed E-state index contributed by atoms with van der Waals surface area (Å²) in [5.74, 6) is -0.996. The Kier molecular flexibility index (Phi) is 3.02. The molecule has 0 radical (unpaired) electrons. The maximum absolute atomic E-state index is 13.8. The third-order valence-corrected chi connectivity index (χ3v) is 3.85. The lowest BCUT2D eigenvalue weighted by molar-refractivity contribution is 0.595. The summed E-state index contributed by atoms with van der Waals surface area (Å²) in [4.78, 5) is 4.16. The van der Waals surface area contributed by atoms with Crippen LogP contribution in [0.15, 0.2) is 29.8 Å². The van der Waals surface area contributed by atoms with Crippen molar-refractivity contribution in [2.45, 2.75) is 6.92 Å². The summed E-state index contributed by atoms with van der Waals surface area (Å²) in [5.41, 5.74) is 9.58. The monoisotopic (exact) mass is 291 g/mol. The van der Waals surface area contributed by atoms with E-state index >= 15 is 0 Å². The van der Waals surface area contributed by atoms with Gasteiger partial charge >= 0.3 is 0 Å². The lowest BCUT2D eigenvalue weighted by Gasteiger charge is -2.11. The van der Waals surface area contributed by atoms with Crippen molar-refractivity contribution in [1.29, 1.82) is 0 Å². The number of hydrogen-bond acceptors (Lipinski definition) is 4. The largest absolute Gasteiger partial charge is 0.395 e. The molecular formula is C14H11F2N3S. The molecule has 6 heteroatoms. The summed E-state index contributed by atoms with van der Waals surface area (Å²) >= 11 is 1.47. The standard InChI is InChI=1S/C14H11F2N3S/c1-7-4-9(16)11(5-8(7)15)19-10-2-3-12-14(13(10)17)18-6-20-12/h2-6,19H,17H2,1H3. The van der Waals surface area contributed by atoms with Crippen molar-refractivity contribution in [2.75, 3.05) is 11.1 Å².